The number of carbonyl (C=O) groups excluding carboxylic acids is 1. The number of amides is 1. The summed E-state index contributed by atoms with van der Waals surface area (Å²) in [4.78, 5) is 22.4. The Morgan fingerprint density at radius 3 is 1.55 bits per heavy atom. The smallest absolute Gasteiger partial charge is 0.236 e. The fourth-order valence-electron chi connectivity index (χ4n) is 4.27. The van der Waals surface area contributed by atoms with E-state index in [2.05, 4.69) is 45.0 Å². The van der Waals surface area contributed by atoms with Gasteiger partial charge in [0.1, 0.15) is 17.5 Å². The van der Waals surface area contributed by atoms with Crippen molar-refractivity contribution in [1.82, 2.24) is 9.97 Å². The monoisotopic (exact) mass is 499 g/mol. The lowest BCUT2D eigenvalue weighted by atomic mass is 9.90. The molecular formula is C32H29N5O. The van der Waals surface area contributed by atoms with Crippen molar-refractivity contribution in [3.05, 3.63) is 138 Å². The van der Waals surface area contributed by atoms with Crippen LogP contribution in [0.5, 0.6) is 0 Å². The van der Waals surface area contributed by atoms with E-state index in [0.29, 0.717) is 17.5 Å². The van der Waals surface area contributed by atoms with Crippen LogP contribution in [0.25, 0.3) is 0 Å². The highest BCUT2D eigenvalue weighted by molar-refractivity contribution is 5.98. The number of carbonyl (C=O) groups is 1. The van der Waals surface area contributed by atoms with Crippen LogP contribution in [-0.4, -0.2) is 15.9 Å². The summed E-state index contributed by atoms with van der Waals surface area (Å²) in [6, 6.07) is 37.3. The van der Waals surface area contributed by atoms with Crippen molar-refractivity contribution in [3.8, 4) is 0 Å². The maximum atomic E-state index is 13.4. The van der Waals surface area contributed by atoms with Crippen LogP contribution < -0.4 is 16.0 Å². The number of hydrogen-bond acceptors (Lipinski definition) is 5. The van der Waals surface area contributed by atoms with Gasteiger partial charge in [0.2, 0.25) is 5.91 Å². The van der Waals surface area contributed by atoms with Gasteiger partial charge in [-0.15, -0.1) is 0 Å². The van der Waals surface area contributed by atoms with Crippen molar-refractivity contribution in [1.29, 1.82) is 0 Å². The zero-order chi connectivity index (χ0) is 26.3. The number of benzene rings is 4. The maximum absolute atomic E-state index is 13.4. The molecule has 0 unspecified atom stereocenters. The molecule has 5 rings (SSSR count). The summed E-state index contributed by atoms with van der Waals surface area (Å²) < 4.78 is 0. The van der Waals surface area contributed by atoms with Crippen molar-refractivity contribution in [2.75, 3.05) is 16.0 Å². The van der Waals surface area contributed by atoms with Crippen LogP contribution in [-0.2, 0) is 4.79 Å². The Bertz CT molecular complexity index is 1460. The summed E-state index contributed by atoms with van der Waals surface area (Å²) in [6.45, 7) is 3.92. The van der Waals surface area contributed by atoms with Crippen molar-refractivity contribution >= 4 is 34.6 Å². The molecule has 0 atom stereocenters. The lowest BCUT2D eigenvalue weighted by Crippen LogP contribution is -2.22. The molecule has 3 N–H and O–H groups in total. The zero-order valence-electron chi connectivity index (χ0n) is 21.3. The summed E-state index contributed by atoms with van der Waals surface area (Å²) in [5, 5.41) is 9.74. The van der Waals surface area contributed by atoms with Gasteiger partial charge < -0.3 is 16.0 Å². The summed E-state index contributed by atoms with van der Waals surface area (Å²) in [5.41, 5.74) is 5.63. The van der Waals surface area contributed by atoms with Gasteiger partial charge in [-0.2, -0.15) is 0 Å². The molecule has 0 bridgehead atoms. The van der Waals surface area contributed by atoms with E-state index in [4.69, 9.17) is 0 Å². The molecule has 0 radical (unpaired) electrons. The standard InChI is InChI=1S/C32H29N5O/c1-22-13-15-26(16-14-22)35-29-21-30(34-23(2)33-29)36-27-17-19-28(20-18-27)37-32(38)31(24-9-5-3-6-10-24)25-11-7-4-8-12-25/h3-21,31H,1-2H3,(H,37,38)(H2,33,34,35,36). The molecule has 4 aromatic carbocycles. The van der Waals surface area contributed by atoms with Gasteiger partial charge in [0.15, 0.2) is 0 Å². The summed E-state index contributed by atoms with van der Waals surface area (Å²) in [6.07, 6.45) is 0. The van der Waals surface area contributed by atoms with Gasteiger partial charge in [0, 0.05) is 23.1 Å². The molecule has 1 heterocycles. The van der Waals surface area contributed by atoms with Gasteiger partial charge in [-0.1, -0.05) is 78.4 Å². The zero-order valence-corrected chi connectivity index (χ0v) is 21.3. The Kier molecular flexibility index (Phi) is 7.41. The minimum absolute atomic E-state index is 0.0821. The SMILES string of the molecule is Cc1ccc(Nc2cc(Nc3ccc(NC(=O)C(c4ccccc4)c4ccccc4)cc3)nc(C)n2)cc1. The van der Waals surface area contributed by atoms with Gasteiger partial charge in [0.05, 0.1) is 5.92 Å². The molecule has 0 saturated heterocycles. The Hall–Kier alpha value is -4.97. The normalized spacial score (nSPS) is 10.7. The average Bonchev–Trinajstić information content (AvgIpc) is 2.92. The predicted octanol–water partition coefficient (Wildman–Crippen LogP) is 7.35. The molecule has 0 fully saturated rings. The van der Waals surface area contributed by atoms with Crippen LogP contribution in [0.3, 0.4) is 0 Å². The first kappa shape index (κ1) is 24.7. The molecule has 188 valence electrons. The Morgan fingerprint density at radius 2 is 1.05 bits per heavy atom. The predicted molar refractivity (Wildman–Crippen MR) is 154 cm³/mol. The number of rotatable bonds is 8. The quantitative estimate of drug-likeness (QED) is 0.208. The number of hydrogen-bond donors (Lipinski definition) is 3. The second-order valence-electron chi connectivity index (χ2n) is 9.12. The van der Waals surface area contributed by atoms with Gasteiger partial charge in [0.25, 0.3) is 0 Å². The average molecular weight is 500 g/mol. The van der Waals surface area contributed by atoms with E-state index in [0.717, 1.165) is 28.2 Å². The Morgan fingerprint density at radius 1 is 0.605 bits per heavy atom. The van der Waals surface area contributed by atoms with Crippen molar-refractivity contribution in [2.24, 2.45) is 0 Å². The van der Waals surface area contributed by atoms with E-state index in [9.17, 15) is 4.79 Å². The van der Waals surface area contributed by atoms with Gasteiger partial charge in [-0.25, -0.2) is 9.97 Å². The van der Waals surface area contributed by atoms with Gasteiger partial charge in [-0.05, 0) is 61.4 Å². The highest BCUT2D eigenvalue weighted by Crippen LogP contribution is 2.27. The third-order valence-electron chi connectivity index (χ3n) is 6.11. The fraction of sp³-hybridized carbons (Fsp3) is 0.0938. The summed E-state index contributed by atoms with van der Waals surface area (Å²) >= 11 is 0. The van der Waals surface area contributed by atoms with Crippen molar-refractivity contribution in [2.45, 2.75) is 19.8 Å². The second-order valence-corrected chi connectivity index (χ2v) is 9.12. The summed E-state index contributed by atoms with van der Waals surface area (Å²) in [5.74, 6) is 1.55. The Labute approximate surface area is 222 Å². The van der Waals surface area contributed by atoms with Crippen molar-refractivity contribution in [3.63, 3.8) is 0 Å². The van der Waals surface area contributed by atoms with Crippen LogP contribution in [0.2, 0.25) is 0 Å². The third-order valence-corrected chi connectivity index (χ3v) is 6.11. The van der Waals surface area contributed by atoms with E-state index in [1.807, 2.05) is 110 Å². The highest BCUT2D eigenvalue weighted by atomic mass is 16.1. The first-order valence-electron chi connectivity index (χ1n) is 12.5. The van der Waals surface area contributed by atoms with E-state index in [1.54, 1.807) is 0 Å². The molecule has 0 aliphatic heterocycles. The molecule has 38 heavy (non-hydrogen) atoms. The number of aromatic nitrogens is 2. The largest absolute Gasteiger partial charge is 0.340 e. The number of anilines is 5. The number of nitrogens with zero attached hydrogens (tertiary/aromatic N) is 2. The summed E-state index contributed by atoms with van der Waals surface area (Å²) in [7, 11) is 0. The first-order valence-corrected chi connectivity index (χ1v) is 12.5. The van der Waals surface area contributed by atoms with E-state index < -0.39 is 5.92 Å². The lowest BCUT2D eigenvalue weighted by Gasteiger charge is -2.18. The van der Waals surface area contributed by atoms with E-state index in [1.165, 1.54) is 5.56 Å². The molecule has 5 aromatic rings. The van der Waals surface area contributed by atoms with E-state index >= 15 is 0 Å². The van der Waals surface area contributed by atoms with Crippen LogP contribution >= 0.6 is 0 Å². The molecule has 6 nitrogen and oxygen atoms in total. The minimum atomic E-state index is -0.404. The van der Waals surface area contributed by atoms with E-state index in [-0.39, 0.29) is 5.91 Å². The molecule has 0 aliphatic rings. The van der Waals surface area contributed by atoms with Crippen LogP contribution in [0, 0.1) is 13.8 Å². The van der Waals surface area contributed by atoms with Crippen LogP contribution in [0.1, 0.15) is 28.4 Å². The number of nitrogens with one attached hydrogen (secondary N) is 3. The minimum Gasteiger partial charge on any atom is -0.340 e. The Balaban J connectivity index is 1.29. The second kappa shape index (κ2) is 11.4. The lowest BCUT2D eigenvalue weighted by molar-refractivity contribution is -0.116. The molecule has 0 spiro atoms. The molecule has 6 heteroatoms. The third kappa shape index (κ3) is 6.23. The van der Waals surface area contributed by atoms with Crippen LogP contribution in [0.15, 0.2) is 115 Å². The topological polar surface area (TPSA) is 78.9 Å². The fourth-order valence-corrected chi connectivity index (χ4v) is 4.27. The molecular weight excluding hydrogens is 470 g/mol. The molecule has 1 aromatic heterocycles. The number of aryl methyl sites for hydroxylation is 2. The van der Waals surface area contributed by atoms with Crippen molar-refractivity contribution < 1.29 is 4.79 Å². The van der Waals surface area contributed by atoms with Gasteiger partial charge >= 0.3 is 0 Å². The maximum Gasteiger partial charge on any atom is 0.236 e. The molecule has 1 amide bonds. The van der Waals surface area contributed by atoms with Gasteiger partial charge in [-0.3, -0.25) is 4.79 Å². The van der Waals surface area contributed by atoms with Crippen LogP contribution in [0.4, 0.5) is 28.7 Å². The molecule has 0 saturated carbocycles. The highest BCUT2D eigenvalue weighted by Gasteiger charge is 2.22. The molecule has 0 aliphatic carbocycles. The first-order chi connectivity index (χ1) is 18.5.